The molecule has 0 aromatic heterocycles. The maximum Gasteiger partial charge on any atom is 0.242 e. The average Bonchev–Trinajstić information content (AvgIpc) is 2.38. The molecule has 1 atom stereocenters. The maximum absolute atomic E-state index is 12.0. The van der Waals surface area contributed by atoms with Crippen LogP contribution in [-0.4, -0.2) is 18.0 Å². The number of hydrogen-bond donors (Lipinski definition) is 2. The molecule has 0 radical (unpaired) electrons. The van der Waals surface area contributed by atoms with Crippen molar-refractivity contribution in [2.45, 2.75) is 45.7 Å². The van der Waals surface area contributed by atoms with E-state index in [-0.39, 0.29) is 18.0 Å². The lowest BCUT2D eigenvalue weighted by Gasteiger charge is -2.20. The Balaban J connectivity index is 2.63. The minimum Gasteiger partial charge on any atom is -0.373 e. The zero-order valence-corrected chi connectivity index (χ0v) is 13.8. The van der Waals surface area contributed by atoms with Crippen LogP contribution in [0, 0.1) is 0 Å². The molecular weight excluding hydrogens is 328 g/mol. The molecule has 0 aliphatic heterocycles. The van der Waals surface area contributed by atoms with E-state index in [1.807, 2.05) is 19.1 Å². The third kappa shape index (κ3) is 5.03. The molecule has 106 valence electrons. The summed E-state index contributed by atoms with van der Waals surface area (Å²) >= 11 is 9.47. The number of benzene rings is 1. The maximum atomic E-state index is 12.0. The lowest BCUT2D eigenvalue weighted by molar-refractivity contribution is -0.122. The van der Waals surface area contributed by atoms with E-state index in [0.29, 0.717) is 5.02 Å². The predicted molar refractivity (Wildman–Crippen MR) is 84.7 cm³/mol. The minimum absolute atomic E-state index is 0.00677. The second kappa shape index (κ2) is 7.75. The first-order valence-corrected chi connectivity index (χ1v) is 7.67. The lowest BCUT2D eigenvalue weighted by Crippen LogP contribution is -2.42. The fourth-order valence-electron chi connectivity index (χ4n) is 1.72. The zero-order chi connectivity index (χ0) is 14.4. The van der Waals surface area contributed by atoms with Crippen LogP contribution in [0.15, 0.2) is 22.7 Å². The van der Waals surface area contributed by atoms with Gasteiger partial charge < -0.3 is 10.6 Å². The van der Waals surface area contributed by atoms with Gasteiger partial charge in [0.1, 0.15) is 6.04 Å². The van der Waals surface area contributed by atoms with Crippen molar-refractivity contribution in [2.75, 3.05) is 5.32 Å². The van der Waals surface area contributed by atoms with Gasteiger partial charge in [0.05, 0.1) is 10.7 Å². The molecule has 2 N–H and O–H groups in total. The number of rotatable bonds is 6. The van der Waals surface area contributed by atoms with E-state index in [1.165, 1.54) is 0 Å². The Labute approximate surface area is 128 Å². The first kappa shape index (κ1) is 16.3. The number of hydrogen-bond acceptors (Lipinski definition) is 2. The highest BCUT2D eigenvalue weighted by atomic mass is 79.9. The van der Waals surface area contributed by atoms with Crippen LogP contribution in [0.25, 0.3) is 0 Å². The van der Waals surface area contributed by atoms with Crippen LogP contribution in [0.3, 0.4) is 0 Å². The molecule has 1 aromatic rings. The molecule has 1 aromatic carbocycles. The van der Waals surface area contributed by atoms with Crippen molar-refractivity contribution < 1.29 is 4.79 Å². The highest BCUT2D eigenvalue weighted by Crippen LogP contribution is 2.26. The Kier molecular flexibility index (Phi) is 6.66. The van der Waals surface area contributed by atoms with Gasteiger partial charge in [0.25, 0.3) is 0 Å². The van der Waals surface area contributed by atoms with Crippen LogP contribution >= 0.6 is 27.5 Å². The van der Waals surface area contributed by atoms with Crippen LogP contribution in [0.5, 0.6) is 0 Å². The summed E-state index contributed by atoms with van der Waals surface area (Å²) in [6.07, 6.45) is 1.88. The Bertz CT molecular complexity index is 435. The number of carbonyl (C=O) groups is 1. The van der Waals surface area contributed by atoms with Gasteiger partial charge in [-0.25, -0.2) is 0 Å². The van der Waals surface area contributed by atoms with E-state index >= 15 is 0 Å². The van der Waals surface area contributed by atoms with Gasteiger partial charge in [0.15, 0.2) is 0 Å². The van der Waals surface area contributed by atoms with Crippen molar-refractivity contribution in [1.29, 1.82) is 0 Å². The summed E-state index contributed by atoms with van der Waals surface area (Å²) in [6.45, 7) is 5.96. The monoisotopic (exact) mass is 346 g/mol. The van der Waals surface area contributed by atoms with Gasteiger partial charge in [0, 0.05) is 10.5 Å². The Morgan fingerprint density at radius 2 is 2.00 bits per heavy atom. The third-order valence-electron chi connectivity index (χ3n) is 3.03. The van der Waals surface area contributed by atoms with E-state index < -0.39 is 0 Å². The van der Waals surface area contributed by atoms with E-state index in [9.17, 15) is 4.79 Å². The molecule has 0 saturated heterocycles. The largest absolute Gasteiger partial charge is 0.373 e. The second-order valence-electron chi connectivity index (χ2n) is 4.51. The third-order valence-corrected chi connectivity index (χ3v) is 3.83. The molecule has 19 heavy (non-hydrogen) atoms. The van der Waals surface area contributed by atoms with Crippen molar-refractivity contribution in [3.05, 3.63) is 27.7 Å². The standard InChI is InChI=1S/C14H20BrClN2O/c1-4-11(5-2)18-14(19)9(3)17-13-7-6-10(15)8-12(13)16/h6-9,11,17H,4-5H2,1-3H3,(H,18,19). The molecule has 0 aliphatic rings. The summed E-state index contributed by atoms with van der Waals surface area (Å²) < 4.78 is 0.914. The van der Waals surface area contributed by atoms with Crippen molar-refractivity contribution in [3.63, 3.8) is 0 Å². The highest BCUT2D eigenvalue weighted by Gasteiger charge is 2.16. The fraction of sp³-hybridized carbons (Fsp3) is 0.500. The van der Waals surface area contributed by atoms with Crippen LogP contribution in [0.4, 0.5) is 5.69 Å². The van der Waals surface area contributed by atoms with Crippen molar-refractivity contribution in [3.8, 4) is 0 Å². The number of carbonyl (C=O) groups excluding carboxylic acids is 1. The molecule has 0 fully saturated rings. The highest BCUT2D eigenvalue weighted by molar-refractivity contribution is 9.10. The lowest BCUT2D eigenvalue weighted by atomic mass is 10.1. The number of nitrogens with one attached hydrogen (secondary N) is 2. The van der Waals surface area contributed by atoms with Gasteiger partial charge in [0.2, 0.25) is 5.91 Å². The molecule has 1 rings (SSSR count). The molecule has 0 spiro atoms. The van der Waals surface area contributed by atoms with Gasteiger partial charge in [-0.1, -0.05) is 41.4 Å². The molecular formula is C14H20BrClN2O. The summed E-state index contributed by atoms with van der Waals surface area (Å²) in [7, 11) is 0. The topological polar surface area (TPSA) is 41.1 Å². The van der Waals surface area contributed by atoms with E-state index in [0.717, 1.165) is 23.0 Å². The van der Waals surface area contributed by atoms with E-state index in [2.05, 4.69) is 40.4 Å². The summed E-state index contributed by atoms with van der Waals surface area (Å²) in [5.74, 6) is -0.00677. The molecule has 0 bridgehead atoms. The van der Waals surface area contributed by atoms with Crippen molar-refractivity contribution in [2.24, 2.45) is 0 Å². The Hall–Kier alpha value is -0.740. The van der Waals surface area contributed by atoms with E-state index in [1.54, 1.807) is 6.07 Å². The summed E-state index contributed by atoms with van der Waals surface area (Å²) in [6, 6.07) is 5.46. The molecule has 1 amide bonds. The normalized spacial score (nSPS) is 12.3. The summed E-state index contributed by atoms with van der Waals surface area (Å²) in [5.41, 5.74) is 0.761. The smallest absolute Gasteiger partial charge is 0.242 e. The van der Waals surface area contributed by atoms with Gasteiger partial charge in [-0.2, -0.15) is 0 Å². The molecule has 3 nitrogen and oxygen atoms in total. The molecule has 0 aliphatic carbocycles. The van der Waals surface area contributed by atoms with E-state index in [4.69, 9.17) is 11.6 Å². The first-order valence-electron chi connectivity index (χ1n) is 6.49. The van der Waals surface area contributed by atoms with Crippen LogP contribution in [0.1, 0.15) is 33.6 Å². The number of halogens is 2. The van der Waals surface area contributed by atoms with Gasteiger partial charge in [-0.3, -0.25) is 4.79 Å². The second-order valence-corrected chi connectivity index (χ2v) is 5.84. The summed E-state index contributed by atoms with van der Waals surface area (Å²) in [5, 5.41) is 6.73. The molecule has 5 heteroatoms. The van der Waals surface area contributed by atoms with Crippen LogP contribution < -0.4 is 10.6 Å². The SMILES string of the molecule is CCC(CC)NC(=O)C(C)Nc1ccc(Br)cc1Cl. The number of anilines is 1. The predicted octanol–water partition coefficient (Wildman–Crippen LogP) is 4.21. The van der Waals surface area contributed by atoms with Crippen molar-refractivity contribution in [1.82, 2.24) is 5.32 Å². The molecule has 0 heterocycles. The van der Waals surface area contributed by atoms with Crippen LogP contribution in [-0.2, 0) is 4.79 Å². The zero-order valence-electron chi connectivity index (χ0n) is 11.5. The Morgan fingerprint density at radius 3 is 2.53 bits per heavy atom. The van der Waals surface area contributed by atoms with Gasteiger partial charge >= 0.3 is 0 Å². The quantitative estimate of drug-likeness (QED) is 0.809. The average molecular weight is 348 g/mol. The van der Waals surface area contributed by atoms with Gasteiger partial charge in [-0.05, 0) is 38.0 Å². The Morgan fingerprint density at radius 1 is 1.37 bits per heavy atom. The van der Waals surface area contributed by atoms with Gasteiger partial charge in [-0.15, -0.1) is 0 Å². The fourth-order valence-corrected chi connectivity index (χ4v) is 2.45. The first-order chi connectivity index (χ1) is 8.97. The van der Waals surface area contributed by atoms with Crippen LogP contribution in [0.2, 0.25) is 5.02 Å². The molecule has 1 unspecified atom stereocenters. The molecule has 0 saturated carbocycles. The van der Waals surface area contributed by atoms with Crippen molar-refractivity contribution >= 4 is 39.1 Å². The summed E-state index contributed by atoms with van der Waals surface area (Å²) in [4.78, 5) is 12.0. The number of amides is 1. The minimum atomic E-state index is -0.320.